The lowest BCUT2D eigenvalue weighted by Gasteiger charge is -2.37. The molecule has 1 N–H and O–H groups in total. The summed E-state index contributed by atoms with van der Waals surface area (Å²) in [6.07, 6.45) is 1.70. The largest absolute Gasteiger partial charge is 0.312 e. The summed E-state index contributed by atoms with van der Waals surface area (Å²) in [7, 11) is 0. The van der Waals surface area contributed by atoms with Gasteiger partial charge in [-0.2, -0.15) is 5.26 Å². The summed E-state index contributed by atoms with van der Waals surface area (Å²) in [5.74, 6) is 0. The van der Waals surface area contributed by atoms with E-state index in [1.165, 1.54) is 5.56 Å². The summed E-state index contributed by atoms with van der Waals surface area (Å²) in [4.78, 5) is 2.50. The van der Waals surface area contributed by atoms with E-state index in [9.17, 15) is 0 Å². The molecule has 0 amide bonds. The van der Waals surface area contributed by atoms with Crippen LogP contribution in [0.25, 0.3) is 0 Å². The van der Waals surface area contributed by atoms with Crippen molar-refractivity contribution in [2.24, 2.45) is 0 Å². The van der Waals surface area contributed by atoms with Crippen LogP contribution in [0.5, 0.6) is 0 Å². The van der Waals surface area contributed by atoms with Gasteiger partial charge in [0.1, 0.15) is 0 Å². The van der Waals surface area contributed by atoms with Crippen molar-refractivity contribution in [3.63, 3.8) is 0 Å². The van der Waals surface area contributed by atoms with Crippen LogP contribution < -0.4 is 5.32 Å². The van der Waals surface area contributed by atoms with Crippen LogP contribution in [0.1, 0.15) is 32.3 Å². The molecule has 1 heterocycles. The Morgan fingerprint density at radius 1 is 1.37 bits per heavy atom. The zero-order chi connectivity index (χ0) is 13.7. The van der Waals surface area contributed by atoms with Crippen molar-refractivity contribution >= 4 is 0 Å². The van der Waals surface area contributed by atoms with Gasteiger partial charge in [0.05, 0.1) is 12.5 Å². The van der Waals surface area contributed by atoms with Crippen molar-refractivity contribution in [1.82, 2.24) is 10.2 Å². The molecule has 102 valence electrons. The maximum Gasteiger partial charge on any atom is 0.0638 e. The number of nitriles is 1. The van der Waals surface area contributed by atoms with Gasteiger partial charge in [-0.05, 0) is 32.4 Å². The van der Waals surface area contributed by atoms with Gasteiger partial charge >= 0.3 is 0 Å². The Kier molecular flexibility index (Phi) is 4.57. The van der Waals surface area contributed by atoms with E-state index in [0.29, 0.717) is 6.42 Å². The molecule has 1 fully saturated rings. The number of hydrogen-bond acceptors (Lipinski definition) is 3. The van der Waals surface area contributed by atoms with Crippen molar-refractivity contribution in [2.75, 3.05) is 13.1 Å². The molecule has 3 heteroatoms. The van der Waals surface area contributed by atoms with Crippen LogP contribution in [-0.4, -0.2) is 29.6 Å². The number of hydrogen-bond donors (Lipinski definition) is 1. The summed E-state index contributed by atoms with van der Waals surface area (Å²) in [6, 6.07) is 13.2. The molecule has 1 unspecified atom stereocenters. The van der Waals surface area contributed by atoms with Crippen LogP contribution in [0, 0.1) is 11.3 Å². The second-order valence-electron chi connectivity index (χ2n) is 5.94. The molecule has 0 spiro atoms. The molecule has 0 aromatic heterocycles. The summed E-state index contributed by atoms with van der Waals surface area (Å²) in [6.45, 7) is 7.48. The monoisotopic (exact) mass is 257 g/mol. The molecule has 1 atom stereocenters. The highest BCUT2D eigenvalue weighted by molar-refractivity contribution is 5.15. The summed E-state index contributed by atoms with van der Waals surface area (Å²) in [5.41, 5.74) is 1.51. The van der Waals surface area contributed by atoms with E-state index in [-0.39, 0.29) is 11.6 Å². The highest BCUT2D eigenvalue weighted by Crippen LogP contribution is 2.24. The Hall–Kier alpha value is -1.37. The second-order valence-corrected chi connectivity index (χ2v) is 5.94. The van der Waals surface area contributed by atoms with Gasteiger partial charge in [-0.15, -0.1) is 0 Å². The van der Waals surface area contributed by atoms with E-state index in [1.54, 1.807) is 0 Å². The third-order valence-electron chi connectivity index (χ3n) is 4.02. The Morgan fingerprint density at radius 3 is 2.79 bits per heavy atom. The Bertz CT molecular complexity index is 433. The van der Waals surface area contributed by atoms with Crippen LogP contribution in [0.2, 0.25) is 0 Å². The third kappa shape index (κ3) is 3.79. The zero-order valence-electron chi connectivity index (χ0n) is 11.9. The van der Waals surface area contributed by atoms with Crippen molar-refractivity contribution in [3.05, 3.63) is 35.9 Å². The van der Waals surface area contributed by atoms with Crippen LogP contribution in [0.15, 0.2) is 30.3 Å². The molecule has 0 radical (unpaired) electrons. The van der Waals surface area contributed by atoms with E-state index in [1.807, 2.05) is 0 Å². The van der Waals surface area contributed by atoms with Crippen LogP contribution >= 0.6 is 0 Å². The number of nitrogens with zero attached hydrogens (tertiary/aromatic N) is 2. The van der Waals surface area contributed by atoms with E-state index in [2.05, 4.69) is 60.5 Å². The minimum Gasteiger partial charge on any atom is -0.312 e. The molecule has 19 heavy (non-hydrogen) atoms. The first-order chi connectivity index (χ1) is 9.12. The smallest absolute Gasteiger partial charge is 0.0638 e. The summed E-state index contributed by atoms with van der Waals surface area (Å²) in [5, 5.41) is 12.4. The Morgan fingerprint density at radius 2 is 2.11 bits per heavy atom. The van der Waals surface area contributed by atoms with E-state index in [0.717, 1.165) is 26.1 Å². The topological polar surface area (TPSA) is 39.1 Å². The maximum absolute atomic E-state index is 8.91. The molecule has 1 aromatic carbocycles. The Balaban J connectivity index is 2.11. The first kappa shape index (κ1) is 14.0. The number of nitrogens with one attached hydrogen (secondary N) is 1. The van der Waals surface area contributed by atoms with Gasteiger partial charge in [-0.1, -0.05) is 30.3 Å². The highest BCUT2D eigenvalue weighted by Gasteiger charge is 2.31. The molecule has 0 saturated carbocycles. The molecule has 1 saturated heterocycles. The molecule has 1 aromatic rings. The van der Waals surface area contributed by atoms with Gasteiger partial charge in [0.15, 0.2) is 0 Å². The normalized spacial score (nSPS) is 23.5. The van der Waals surface area contributed by atoms with Gasteiger partial charge in [0.25, 0.3) is 0 Å². The fraction of sp³-hybridized carbons (Fsp3) is 0.562. The van der Waals surface area contributed by atoms with E-state index < -0.39 is 0 Å². The third-order valence-corrected chi connectivity index (χ3v) is 4.02. The first-order valence-electron chi connectivity index (χ1n) is 7.01. The van der Waals surface area contributed by atoms with E-state index >= 15 is 0 Å². The summed E-state index contributed by atoms with van der Waals surface area (Å²) >= 11 is 0. The lowest BCUT2D eigenvalue weighted by atomic mass is 9.97. The SMILES string of the molecule is CC1(C)CCNC(CC#N)CN1Cc1ccccc1. The number of rotatable bonds is 3. The van der Waals surface area contributed by atoms with Crippen molar-refractivity contribution < 1.29 is 0 Å². The molecule has 1 aliphatic rings. The zero-order valence-corrected chi connectivity index (χ0v) is 11.9. The van der Waals surface area contributed by atoms with Crippen LogP contribution in [0.4, 0.5) is 0 Å². The van der Waals surface area contributed by atoms with Crippen molar-refractivity contribution in [2.45, 2.75) is 44.8 Å². The molecular weight excluding hydrogens is 234 g/mol. The fourth-order valence-corrected chi connectivity index (χ4v) is 2.65. The van der Waals surface area contributed by atoms with Crippen LogP contribution in [0.3, 0.4) is 0 Å². The van der Waals surface area contributed by atoms with Crippen molar-refractivity contribution in [3.8, 4) is 6.07 Å². The highest BCUT2D eigenvalue weighted by atomic mass is 15.2. The average Bonchev–Trinajstić information content (AvgIpc) is 2.51. The molecule has 0 bridgehead atoms. The fourth-order valence-electron chi connectivity index (χ4n) is 2.65. The lowest BCUT2D eigenvalue weighted by molar-refractivity contribution is 0.111. The standard InChI is InChI=1S/C16H23N3/c1-16(2)9-11-18-15(8-10-17)13-19(16)12-14-6-4-3-5-7-14/h3-7,15,18H,8-9,11-13H2,1-2H3. The maximum atomic E-state index is 8.91. The predicted molar refractivity (Wildman–Crippen MR) is 77.6 cm³/mol. The quantitative estimate of drug-likeness (QED) is 0.904. The molecule has 1 aliphatic heterocycles. The molecular formula is C16H23N3. The second kappa shape index (κ2) is 6.18. The molecule has 2 rings (SSSR count). The minimum atomic E-state index is 0.174. The average molecular weight is 257 g/mol. The van der Waals surface area contributed by atoms with Crippen molar-refractivity contribution in [1.29, 1.82) is 5.26 Å². The van der Waals surface area contributed by atoms with Gasteiger partial charge in [-0.25, -0.2) is 0 Å². The predicted octanol–water partition coefficient (Wildman–Crippen LogP) is 2.54. The van der Waals surface area contributed by atoms with Gasteiger partial charge < -0.3 is 5.32 Å². The number of benzene rings is 1. The molecule has 0 aliphatic carbocycles. The molecule has 3 nitrogen and oxygen atoms in total. The van der Waals surface area contributed by atoms with Gasteiger partial charge in [0.2, 0.25) is 0 Å². The van der Waals surface area contributed by atoms with E-state index in [4.69, 9.17) is 5.26 Å². The van der Waals surface area contributed by atoms with Crippen LogP contribution in [-0.2, 0) is 6.54 Å². The summed E-state index contributed by atoms with van der Waals surface area (Å²) < 4.78 is 0. The Labute approximate surface area is 116 Å². The lowest BCUT2D eigenvalue weighted by Crippen LogP contribution is -2.45. The first-order valence-corrected chi connectivity index (χ1v) is 7.01. The van der Waals surface area contributed by atoms with Gasteiger partial charge in [-0.3, -0.25) is 4.90 Å². The minimum absolute atomic E-state index is 0.174. The van der Waals surface area contributed by atoms with Gasteiger partial charge in [0, 0.05) is 24.7 Å².